The molecule has 0 atom stereocenters. The average Bonchev–Trinajstić information content (AvgIpc) is 2.68. The van der Waals surface area contributed by atoms with E-state index in [1.54, 1.807) is 24.3 Å². The highest BCUT2D eigenvalue weighted by Crippen LogP contribution is 2.14. The number of nitrogens with one attached hydrogen (secondary N) is 1. The lowest BCUT2D eigenvalue weighted by Crippen LogP contribution is -2.41. The zero-order valence-electron chi connectivity index (χ0n) is 16.8. The van der Waals surface area contributed by atoms with Gasteiger partial charge in [0, 0.05) is 31.5 Å². The molecule has 1 N–H and O–H groups in total. The minimum Gasteiger partial charge on any atom is -0.494 e. The van der Waals surface area contributed by atoms with Crippen LogP contribution in [0.4, 0.5) is 0 Å². The average molecular weight is 376 g/mol. The highest BCUT2D eigenvalue weighted by atomic mass is 16.5. The first-order valence-electron chi connectivity index (χ1n) is 9.82. The molecule has 6 heteroatoms. The number of nitrogens with zero attached hydrogens (tertiary/aromatic N) is 1. The van der Waals surface area contributed by atoms with Crippen LogP contribution in [0.15, 0.2) is 24.3 Å². The van der Waals surface area contributed by atoms with Crippen LogP contribution in [0.5, 0.6) is 5.75 Å². The van der Waals surface area contributed by atoms with Crippen molar-refractivity contribution < 1.29 is 19.1 Å². The number of amides is 2. The lowest BCUT2D eigenvalue weighted by molar-refractivity contribution is -0.136. The topological polar surface area (TPSA) is 75.7 Å². The van der Waals surface area contributed by atoms with Gasteiger partial charge >= 0.3 is 0 Å². The van der Waals surface area contributed by atoms with E-state index in [0.29, 0.717) is 25.3 Å². The van der Waals surface area contributed by atoms with E-state index >= 15 is 0 Å². The first kappa shape index (κ1) is 22.7. The van der Waals surface area contributed by atoms with Gasteiger partial charge in [0.2, 0.25) is 11.8 Å². The largest absolute Gasteiger partial charge is 0.494 e. The molecule has 1 rings (SSSR count). The molecule has 0 unspecified atom stereocenters. The molecule has 0 heterocycles. The molecule has 2 amide bonds. The number of carbonyl (C=O) groups excluding carboxylic acids is 3. The Bertz CT molecular complexity index is 599. The number of ketones is 1. The predicted octanol–water partition coefficient (Wildman–Crippen LogP) is 3.20. The van der Waals surface area contributed by atoms with E-state index in [1.807, 2.05) is 20.8 Å². The number of carbonyl (C=O) groups is 3. The van der Waals surface area contributed by atoms with E-state index in [0.717, 1.165) is 25.0 Å². The van der Waals surface area contributed by atoms with Gasteiger partial charge in [-0.15, -0.1) is 0 Å². The maximum atomic E-state index is 12.4. The van der Waals surface area contributed by atoms with E-state index in [1.165, 1.54) is 4.90 Å². The monoisotopic (exact) mass is 376 g/mol. The molecule has 0 fully saturated rings. The molecule has 0 saturated carbocycles. The number of rotatable bonds is 13. The van der Waals surface area contributed by atoms with E-state index < -0.39 is 0 Å². The third kappa shape index (κ3) is 8.71. The zero-order chi connectivity index (χ0) is 20.1. The van der Waals surface area contributed by atoms with Gasteiger partial charge in [0.05, 0.1) is 13.2 Å². The summed E-state index contributed by atoms with van der Waals surface area (Å²) in [6, 6.07) is 6.98. The summed E-state index contributed by atoms with van der Waals surface area (Å²) in [6.07, 6.45) is 2.77. The first-order valence-corrected chi connectivity index (χ1v) is 9.82. The van der Waals surface area contributed by atoms with E-state index in [2.05, 4.69) is 5.32 Å². The van der Waals surface area contributed by atoms with Crippen LogP contribution in [0.1, 0.15) is 63.2 Å². The molecule has 27 heavy (non-hydrogen) atoms. The molecule has 0 aliphatic heterocycles. The molecule has 0 aromatic heterocycles. The Hall–Kier alpha value is -2.37. The summed E-state index contributed by atoms with van der Waals surface area (Å²) in [7, 11) is 0. The number of ether oxygens (including phenoxy) is 1. The molecular weight excluding hydrogens is 344 g/mol. The molecule has 0 bridgehead atoms. The van der Waals surface area contributed by atoms with Crippen LogP contribution in [0.25, 0.3) is 0 Å². The van der Waals surface area contributed by atoms with E-state index in [9.17, 15) is 14.4 Å². The summed E-state index contributed by atoms with van der Waals surface area (Å²) in [4.78, 5) is 38.2. The van der Waals surface area contributed by atoms with Crippen molar-refractivity contribution in [3.05, 3.63) is 29.8 Å². The summed E-state index contributed by atoms with van der Waals surface area (Å²) < 4.78 is 5.50. The number of hydrogen-bond donors (Lipinski definition) is 1. The second-order valence-electron chi connectivity index (χ2n) is 6.46. The van der Waals surface area contributed by atoms with Crippen molar-refractivity contribution in [2.45, 2.75) is 52.9 Å². The van der Waals surface area contributed by atoms with Crippen molar-refractivity contribution in [2.75, 3.05) is 26.2 Å². The van der Waals surface area contributed by atoms with Crippen LogP contribution in [-0.4, -0.2) is 48.7 Å². The van der Waals surface area contributed by atoms with Crippen molar-refractivity contribution >= 4 is 17.6 Å². The first-order chi connectivity index (χ1) is 13.0. The summed E-state index contributed by atoms with van der Waals surface area (Å²) in [5.74, 6) is 0.321. The van der Waals surface area contributed by atoms with Crippen LogP contribution >= 0.6 is 0 Å². The lowest BCUT2D eigenvalue weighted by Gasteiger charge is -2.21. The third-order valence-electron chi connectivity index (χ3n) is 3.97. The highest BCUT2D eigenvalue weighted by Gasteiger charge is 2.18. The summed E-state index contributed by atoms with van der Waals surface area (Å²) >= 11 is 0. The number of hydrogen-bond acceptors (Lipinski definition) is 4. The molecule has 0 saturated heterocycles. The number of benzene rings is 1. The van der Waals surface area contributed by atoms with Gasteiger partial charge in [-0.05, 0) is 43.5 Å². The second kappa shape index (κ2) is 12.9. The molecular formula is C21H32N2O4. The fourth-order valence-electron chi connectivity index (χ4n) is 2.54. The molecule has 1 aromatic carbocycles. The smallest absolute Gasteiger partial charge is 0.239 e. The molecule has 0 aliphatic carbocycles. The Balaban J connectivity index is 2.53. The van der Waals surface area contributed by atoms with Crippen molar-refractivity contribution in [3.8, 4) is 5.75 Å². The van der Waals surface area contributed by atoms with Gasteiger partial charge in [-0.3, -0.25) is 14.4 Å². The lowest BCUT2D eigenvalue weighted by atomic mass is 10.1. The molecule has 0 aliphatic rings. The summed E-state index contributed by atoms with van der Waals surface area (Å²) in [6.45, 7) is 7.76. The van der Waals surface area contributed by atoms with Gasteiger partial charge in [-0.2, -0.15) is 0 Å². The van der Waals surface area contributed by atoms with Crippen molar-refractivity contribution in [1.82, 2.24) is 10.2 Å². The van der Waals surface area contributed by atoms with E-state index in [-0.39, 0.29) is 37.0 Å². The molecule has 150 valence electrons. The molecule has 6 nitrogen and oxygen atoms in total. The van der Waals surface area contributed by atoms with Crippen molar-refractivity contribution in [2.24, 2.45) is 0 Å². The van der Waals surface area contributed by atoms with Gasteiger partial charge in [0.15, 0.2) is 5.78 Å². The fourth-order valence-corrected chi connectivity index (χ4v) is 2.54. The molecule has 1 aromatic rings. The van der Waals surface area contributed by atoms with Gasteiger partial charge in [0.25, 0.3) is 0 Å². The zero-order valence-corrected chi connectivity index (χ0v) is 16.8. The second-order valence-corrected chi connectivity index (χ2v) is 6.46. The summed E-state index contributed by atoms with van der Waals surface area (Å²) in [5.41, 5.74) is 0.564. The fraction of sp³-hybridized carbons (Fsp3) is 0.571. The Morgan fingerprint density at radius 2 is 1.67 bits per heavy atom. The van der Waals surface area contributed by atoms with Crippen LogP contribution < -0.4 is 10.1 Å². The Morgan fingerprint density at radius 1 is 0.963 bits per heavy atom. The standard InChI is InChI=1S/C21H32N2O4/c1-4-13-22-20(25)16-23(14-5-2)21(26)12-11-19(24)17-7-9-18(10-8-17)27-15-6-3/h7-10H,4-6,11-16H2,1-3H3,(H,22,25). The maximum absolute atomic E-state index is 12.4. The SMILES string of the molecule is CCCNC(=O)CN(CCC)C(=O)CCC(=O)c1ccc(OCCC)cc1. The van der Waals surface area contributed by atoms with Crippen molar-refractivity contribution in [3.63, 3.8) is 0 Å². The van der Waals surface area contributed by atoms with Crippen LogP contribution in [0, 0.1) is 0 Å². The van der Waals surface area contributed by atoms with Crippen molar-refractivity contribution in [1.29, 1.82) is 0 Å². The van der Waals surface area contributed by atoms with Gasteiger partial charge < -0.3 is 15.0 Å². The normalized spacial score (nSPS) is 10.3. The number of Topliss-reactive ketones (excluding diaryl/α,β-unsaturated/α-hetero) is 1. The van der Waals surface area contributed by atoms with Crippen LogP contribution in [-0.2, 0) is 9.59 Å². The maximum Gasteiger partial charge on any atom is 0.239 e. The minimum absolute atomic E-state index is 0.0460. The summed E-state index contributed by atoms with van der Waals surface area (Å²) in [5, 5.41) is 2.77. The minimum atomic E-state index is -0.167. The van der Waals surface area contributed by atoms with Gasteiger partial charge in [-0.25, -0.2) is 0 Å². The van der Waals surface area contributed by atoms with Crippen LogP contribution in [0.3, 0.4) is 0 Å². The Kier molecular flexibility index (Phi) is 10.8. The highest BCUT2D eigenvalue weighted by molar-refractivity contribution is 5.98. The third-order valence-corrected chi connectivity index (χ3v) is 3.97. The Labute approximate surface area is 162 Å². The quantitative estimate of drug-likeness (QED) is 0.537. The Morgan fingerprint density at radius 3 is 2.26 bits per heavy atom. The molecule has 0 spiro atoms. The van der Waals surface area contributed by atoms with Gasteiger partial charge in [0.1, 0.15) is 5.75 Å². The molecule has 0 radical (unpaired) electrons. The van der Waals surface area contributed by atoms with E-state index in [4.69, 9.17) is 4.74 Å². The van der Waals surface area contributed by atoms with Gasteiger partial charge in [-0.1, -0.05) is 20.8 Å². The van der Waals surface area contributed by atoms with Crippen LogP contribution in [0.2, 0.25) is 0 Å². The predicted molar refractivity (Wildman–Crippen MR) is 106 cm³/mol.